The Labute approximate surface area is 126 Å². The SMILES string of the molecule is Cn1nccc1CCNC(=O)c1cc(N)cc(Cl)c1Cl. The summed E-state index contributed by atoms with van der Waals surface area (Å²) in [5.74, 6) is -0.300. The molecule has 0 aliphatic rings. The first-order valence-corrected chi connectivity index (χ1v) is 6.74. The largest absolute Gasteiger partial charge is 0.399 e. The highest BCUT2D eigenvalue weighted by Crippen LogP contribution is 2.28. The van der Waals surface area contributed by atoms with E-state index in [0.717, 1.165) is 5.69 Å². The van der Waals surface area contributed by atoms with Gasteiger partial charge in [-0.25, -0.2) is 0 Å². The lowest BCUT2D eigenvalue weighted by Crippen LogP contribution is -2.26. The molecule has 0 aliphatic heterocycles. The van der Waals surface area contributed by atoms with Gasteiger partial charge in [0.2, 0.25) is 0 Å². The van der Waals surface area contributed by atoms with Crippen LogP contribution in [-0.4, -0.2) is 22.2 Å². The summed E-state index contributed by atoms with van der Waals surface area (Å²) in [7, 11) is 1.85. The summed E-state index contributed by atoms with van der Waals surface area (Å²) in [5.41, 5.74) is 7.37. The number of rotatable bonds is 4. The molecule has 2 rings (SSSR count). The van der Waals surface area contributed by atoms with Crippen LogP contribution >= 0.6 is 23.2 Å². The third-order valence-corrected chi connectivity index (χ3v) is 3.69. The van der Waals surface area contributed by atoms with Crippen LogP contribution in [0.15, 0.2) is 24.4 Å². The molecule has 0 fully saturated rings. The maximum atomic E-state index is 12.1. The minimum absolute atomic E-state index is 0.207. The predicted octanol–water partition coefficient (Wildman–Crippen LogP) is 2.28. The van der Waals surface area contributed by atoms with Gasteiger partial charge in [-0.3, -0.25) is 9.48 Å². The number of benzene rings is 1. The van der Waals surface area contributed by atoms with E-state index in [1.54, 1.807) is 10.9 Å². The first kappa shape index (κ1) is 14.7. The number of hydrogen-bond donors (Lipinski definition) is 2. The van der Waals surface area contributed by atoms with E-state index < -0.39 is 0 Å². The Balaban J connectivity index is 2.01. The average Bonchev–Trinajstić information content (AvgIpc) is 2.79. The third kappa shape index (κ3) is 3.23. The van der Waals surface area contributed by atoms with Crippen LogP contribution in [0.2, 0.25) is 10.0 Å². The molecule has 0 spiro atoms. The van der Waals surface area contributed by atoms with E-state index in [4.69, 9.17) is 28.9 Å². The molecule has 20 heavy (non-hydrogen) atoms. The topological polar surface area (TPSA) is 72.9 Å². The van der Waals surface area contributed by atoms with E-state index in [-0.39, 0.29) is 21.5 Å². The molecule has 2 aromatic rings. The van der Waals surface area contributed by atoms with Crippen LogP contribution in [0.5, 0.6) is 0 Å². The molecule has 5 nitrogen and oxygen atoms in total. The van der Waals surface area contributed by atoms with E-state index in [2.05, 4.69) is 10.4 Å². The van der Waals surface area contributed by atoms with Crippen molar-refractivity contribution in [2.75, 3.05) is 12.3 Å². The Morgan fingerprint density at radius 3 is 2.85 bits per heavy atom. The van der Waals surface area contributed by atoms with Crippen molar-refractivity contribution in [1.82, 2.24) is 15.1 Å². The second-order valence-electron chi connectivity index (χ2n) is 4.32. The summed E-state index contributed by atoms with van der Waals surface area (Å²) in [5, 5.41) is 7.31. The first-order valence-electron chi connectivity index (χ1n) is 5.98. The molecule has 0 saturated heterocycles. The van der Waals surface area contributed by atoms with Gasteiger partial charge in [0.25, 0.3) is 5.91 Å². The van der Waals surface area contributed by atoms with Crippen molar-refractivity contribution in [3.63, 3.8) is 0 Å². The van der Waals surface area contributed by atoms with Gasteiger partial charge in [0.1, 0.15) is 0 Å². The van der Waals surface area contributed by atoms with Crippen molar-refractivity contribution in [1.29, 1.82) is 0 Å². The van der Waals surface area contributed by atoms with E-state index in [1.807, 2.05) is 13.1 Å². The molecule has 1 amide bonds. The zero-order chi connectivity index (χ0) is 14.7. The molecule has 0 saturated carbocycles. The van der Waals surface area contributed by atoms with Crippen molar-refractivity contribution >= 4 is 34.8 Å². The minimum Gasteiger partial charge on any atom is -0.399 e. The number of aryl methyl sites for hydroxylation is 1. The lowest BCUT2D eigenvalue weighted by atomic mass is 10.2. The third-order valence-electron chi connectivity index (χ3n) is 2.88. The van der Waals surface area contributed by atoms with E-state index in [9.17, 15) is 4.79 Å². The number of nitrogen functional groups attached to an aromatic ring is 1. The van der Waals surface area contributed by atoms with Crippen molar-refractivity contribution in [2.45, 2.75) is 6.42 Å². The highest BCUT2D eigenvalue weighted by Gasteiger charge is 2.14. The summed E-state index contributed by atoms with van der Waals surface area (Å²) >= 11 is 11.9. The number of hydrogen-bond acceptors (Lipinski definition) is 3. The van der Waals surface area contributed by atoms with E-state index in [1.165, 1.54) is 12.1 Å². The fourth-order valence-electron chi connectivity index (χ4n) is 1.82. The highest BCUT2D eigenvalue weighted by molar-refractivity contribution is 6.44. The molecule has 1 aromatic carbocycles. The normalized spacial score (nSPS) is 10.6. The highest BCUT2D eigenvalue weighted by atomic mass is 35.5. The van der Waals surface area contributed by atoms with Gasteiger partial charge in [-0.05, 0) is 18.2 Å². The Bertz CT molecular complexity index is 639. The molecule has 3 N–H and O–H groups in total. The molecule has 1 heterocycles. The van der Waals surface area contributed by atoms with E-state index in [0.29, 0.717) is 18.7 Å². The Morgan fingerprint density at radius 2 is 2.20 bits per heavy atom. The maximum Gasteiger partial charge on any atom is 0.252 e. The number of nitrogens with two attached hydrogens (primary N) is 1. The number of carbonyl (C=O) groups excluding carboxylic acids is 1. The van der Waals surface area contributed by atoms with Crippen molar-refractivity contribution in [3.05, 3.63) is 45.7 Å². The summed E-state index contributed by atoms with van der Waals surface area (Å²) in [6, 6.07) is 4.92. The smallest absolute Gasteiger partial charge is 0.252 e. The summed E-state index contributed by atoms with van der Waals surface area (Å²) < 4.78 is 1.76. The zero-order valence-corrected chi connectivity index (χ0v) is 12.4. The van der Waals surface area contributed by atoms with Crippen LogP contribution in [0.25, 0.3) is 0 Å². The van der Waals surface area contributed by atoms with Gasteiger partial charge in [-0.1, -0.05) is 23.2 Å². The van der Waals surface area contributed by atoms with Crippen LogP contribution in [0.3, 0.4) is 0 Å². The Hall–Kier alpha value is -1.72. The standard InChI is InChI=1S/C13H14Cl2N4O/c1-19-9(3-5-18-19)2-4-17-13(20)10-6-8(16)7-11(14)12(10)15/h3,5-7H,2,4,16H2,1H3,(H,17,20). The fourth-order valence-corrected chi connectivity index (χ4v) is 2.24. The number of nitrogens with zero attached hydrogens (tertiary/aromatic N) is 2. The summed E-state index contributed by atoms with van der Waals surface area (Å²) in [4.78, 5) is 12.1. The number of halogens is 2. The summed E-state index contributed by atoms with van der Waals surface area (Å²) in [6.45, 7) is 0.473. The predicted molar refractivity (Wildman–Crippen MR) is 80.1 cm³/mol. The Kier molecular flexibility index (Phi) is 4.52. The molecule has 7 heteroatoms. The van der Waals surface area contributed by atoms with Crippen LogP contribution in [0, 0.1) is 0 Å². The van der Waals surface area contributed by atoms with Gasteiger partial charge in [-0.15, -0.1) is 0 Å². The van der Waals surface area contributed by atoms with E-state index >= 15 is 0 Å². The number of anilines is 1. The van der Waals surface area contributed by atoms with Crippen LogP contribution in [-0.2, 0) is 13.5 Å². The Morgan fingerprint density at radius 1 is 1.45 bits per heavy atom. The van der Waals surface area contributed by atoms with Crippen LogP contribution < -0.4 is 11.1 Å². The maximum absolute atomic E-state index is 12.1. The number of nitrogens with one attached hydrogen (secondary N) is 1. The van der Waals surface area contributed by atoms with Gasteiger partial charge >= 0.3 is 0 Å². The van der Waals surface area contributed by atoms with Crippen molar-refractivity contribution in [2.24, 2.45) is 7.05 Å². The molecular formula is C13H14Cl2N4O. The molecule has 106 valence electrons. The van der Waals surface area contributed by atoms with Crippen LogP contribution in [0.4, 0.5) is 5.69 Å². The second-order valence-corrected chi connectivity index (χ2v) is 5.10. The minimum atomic E-state index is -0.300. The lowest BCUT2D eigenvalue weighted by Gasteiger charge is -2.09. The number of carbonyl (C=O) groups is 1. The quantitative estimate of drug-likeness (QED) is 0.851. The lowest BCUT2D eigenvalue weighted by molar-refractivity contribution is 0.0954. The molecule has 0 aliphatic carbocycles. The first-order chi connectivity index (χ1) is 9.49. The molecule has 0 bridgehead atoms. The van der Waals surface area contributed by atoms with Gasteiger partial charge in [-0.2, -0.15) is 5.10 Å². The zero-order valence-electron chi connectivity index (χ0n) is 10.9. The summed E-state index contributed by atoms with van der Waals surface area (Å²) in [6.07, 6.45) is 2.39. The average molecular weight is 313 g/mol. The van der Waals surface area contributed by atoms with Gasteiger partial charge < -0.3 is 11.1 Å². The van der Waals surface area contributed by atoms with Gasteiger partial charge in [0.15, 0.2) is 0 Å². The van der Waals surface area contributed by atoms with Crippen molar-refractivity contribution < 1.29 is 4.79 Å². The molecule has 1 aromatic heterocycles. The van der Waals surface area contributed by atoms with Gasteiger partial charge in [0.05, 0.1) is 15.6 Å². The monoisotopic (exact) mass is 312 g/mol. The number of amides is 1. The van der Waals surface area contributed by atoms with Crippen LogP contribution in [0.1, 0.15) is 16.1 Å². The molecule has 0 atom stereocenters. The van der Waals surface area contributed by atoms with Gasteiger partial charge in [0, 0.05) is 37.6 Å². The fraction of sp³-hybridized carbons (Fsp3) is 0.231. The molecule has 0 unspecified atom stereocenters. The second kappa shape index (κ2) is 6.15. The number of aromatic nitrogens is 2. The van der Waals surface area contributed by atoms with Crippen molar-refractivity contribution in [3.8, 4) is 0 Å². The molecular weight excluding hydrogens is 299 g/mol. The molecule has 0 radical (unpaired) electrons.